The largest absolute Gasteiger partial charge is 0.739 e. The molecule has 1 unspecified atom stereocenters. The third kappa shape index (κ3) is 2.56. The van der Waals surface area contributed by atoms with Gasteiger partial charge >= 0.3 is 11.5 Å². The van der Waals surface area contributed by atoms with E-state index in [4.69, 9.17) is 0 Å². The van der Waals surface area contributed by atoms with Crippen LogP contribution < -0.4 is 14.9 Å². The molecule has 0 saturated carbocycles. The van der Waals surface area contributed by atoms with Crippen molar-refractivity contribution in [3.63, 3.8) is 0 Å². The van der Waals surface area contributed by atoms with Crippen LogP contribution in [0.25, 0.3) is 11.0 Å². The van der Waals surface area contributed by atoms with Crippen LogP contribution in [0.2, 0.25) is 0 Å². The molecule has 0 radical (unpaired) electrons. The highest BCUT2D eigenvalue weighted by Crippen LogP contribution is 2.21. The van der Waals surface area contributed by atoms with Gasteiger partial charge in [-0.05, 0) is 24.5 Å². The minimum Gasteiger partial charge on any atom is -0.739 e. The van der Waals surface area contributed by atoms with Gasteiger partial charge in [-0.1, -0.05) is 20.8 Å². The van der Waals surface area contributed by atoms with E-state index in [0.717, 1.165) is 12.1 Å². The van der Waals surface area contributed by atoms with Gasteiger partial charge < -0.3 is 10.4 Å². The van der Waals surface area contributed by atoms with Gasteiger partial charge in [0.15, 0.2) is 5.52 Å². The van der Waals surface area contributed by atoms with Gasteiger partial charge in [0.2, 0.25) is 5.10 Å². The molecule has 0 aliphatic rings. The van der Waals surface area contributed by atoms with Crippen molar-refractivity contribution in [2.24, 2.45) is 5.41 Å². The van der Waals surface area contributed by atoms with Gasteiger partial charge in [0.25, 0.3) is 0 Å². The average Bonchev–Trinajstić information content (AvgIpc) is 2.34. The molecule has 0 spiro atoms. The van der Waals surface area contributed by atoms with E-state index in [1.165, 1.54) is 6.07 Å². The Morgan fingerprint density at radius 3 is 2.50 bits per heavy atom. The summed E-state index contributed by atoms with van der Waals surface area (Å²) in [7, 11) is 0. The Labute approximate surface area is 116 Å². The molecular weight excluding hydrogens is 263 g/mol. The number of nitrogens with zero attached hydrogens (tertiary/aromatic N) is 3. The zero-order valence-corrected chi connectivity index (χ0v) is 11.8. The fraction of sp³-hybridized carbons (Fsp3) is 0.462. The fourth-order valence-electron chi connectivity index (χ4n) is 1.61. The second-order valence-corrected chi connectivity index (χ2v) is 5.86. The lowest BCUT2D eigenvalue weighted by atomic mass is 9.88. The molecule has 1 aromatic heterocycles. The van der Waals surface area contributed by atoms with Crippen molar-refractivity contribution in [2.45, 2.75) is 33.7 Å². The Morgan fingerprint density at radius 1 is 1.25 bits per heavy atom. The quantitative estimate of drug-likeness (QED) is 0.667. The van der Waals surface area contributed by atoms with Crippen molar-refractivity contribution >= 4 is 17.0 Å². The van der Waals surface area contributed by atoms with E-state index in [1.54, 1.807) is 0 Å². The standard InChI is InChI=1S/C13H17FN4O2/c1-8(13(2,3)4)15-12-16-18(20)11-7-9(14)5-6-10(11)17(12)19/h5-8H,1-4H3,(H,15,16). The van der Waals surface area contributed by atoms with Gasteiger partial charge in [0.05, 0.1) is 12.1 Å². The minimum atomic E-state index is -0.590. The number of aromatic nitrogens is 3. The number of rotatable bonds is 2. The molecule has 1 atom stereocenters. The molecule has 1 N–H and O–H groups in total. The van der Waals surface area contributed by atoms with Gasteiger partial charge in [-0.2, -0.15) is 0 Å². The topological polar surface area (TPSA) is 78.8 Å². The molecular formula is C13H17FN4O2. The molecule has 2 rings (SSSR count). The van der Waals surface area contributed by atoms with Crippen molar-refractivity contribution < 1.29 is 14.0 Å². The first-order valence-corrected chi connectivity index (χ1v) is 6.29. The monoisotopic (exact) mass is 280 g/mol. The average molecular weight is 280 g/mol. The molecule has 108 valence electrons. The van der Waals surface area contributed by atoms with Crippen molar-refractivity contribution in [1.29, 1.82) is 0 Å². The summed E-state index contributed by atoms with van der Waals surface area (Å²) in [6, 6.07) is 3.31. The molecule has 20 heavy (non-hydrogen) atoms. The molecule has 0 amide bonds. The van der Waals surface area contributed by atoms with Gasteiger partial charge in [-0.3, -0.25) is 5.32 Å². The van der Waals surface area contributed by atoms with Crippen LogP contribution in [0, 0.1) is 21.6 Å². The third-order valence-electron chi connectivity index (χ3n) is 3.38. The van der Waals surface area contributed by atoms with Gasteiger partial charge in [-0.25, -0.2) is 9.12 Å². The SMILES string of the molecule is CC(Nc1n[n+]([O-])c2cc(F)ccc2[n+]1[O-])C(C)(C)C. The summed E-state index contributed by atoms with van der Waals surface area (Å²) in [5.74, 6) is -0.686. The molecule has 0 bridgehead atoms. The Morgan fingerprint density at radius 2 is 1.90 bits per heavy atom. The predicted molar refractivity (Wildman–Crippen MR) is 72.2 cm³/mol. The van der Waals surface area contributed by atoms with Crippen molar-refractivity contribution in [3.05, 3.63) is 34.4 Å². The van der Waals surface area contributed by atoms with E-state index in [0.29, 0.717) is 4.73 Å². The molecule has 0 aliphatic heterocycles. The lowest BCUT2D eigenvalue weighted by molar-refractivity contribution is -0.672. The lowest BCUT2D eigenvalue weighted by Gasteiger charge is -2.25. The second-order valence-electron chi connectivity index (χ2n) is 5.86. The summed E-state index contributed by atoms with van der Waals surface area (Å²) in [5.41, 5.74) is -0.144. The van der Waals surface area contributed by atoms with E-state index in [9.17, 15) is 14.8 Å². The summed E-state index contributed by atoms with van der Waals surface area (Å²) >= 11 is 0. The van der Waals surface area contributed by atoms with Crippen molar-refractivity contribution in [2.75, 3.05) is 5.32 Å². The van der Waals surface area contributed by atoms with E-state index in [-0.39, 0.29) is 33.3 Å². The van der Waals surface area contributed by atoms with E-state index < -0.39 is 5.82 Å². The number of benzene rings is 1. The zero-order chi connectivity index (χ0) is 15.1. The number of fused-ring (bicyclic) bond motifs is 1. The molecule has 2 aromatic rings. The van der Waals surface area contributed by atoms with Crippen LogP contribution in [0.1, 0.15) is 27.7 Å². The van der Waals surface area contributed by atoms with E-state index in [1.807, 2.05) is 27.7 Å². The molecule has 0 fully saturated rings. The van der Waals surface area contributed by atoms with Crippen LogP contribution >= 0.6 is 0 Å². The Kier molecular flexibility index (Phi) is 3.37. The van der Waals surface area contributed by atoms with Gasteiger partial charge in [0.1, 0.15) is 5.82 Å². The van der Waals surface area contributed by atoms with Crippen LogP contribution in [-0.4, -0.2) is 11.1 Å². The highest BCUT2D eigenvalue weighted by Gasteiger charge is 2.28. The Hall–Kier alpha value is -2.18. The normalized spacial score (nSPS) is 13.4. The first-order valence-electron chi connectivity index (χ1n) is 6.29. The number of anilines is 1. The van der Waals surface area contributed by atoms with Crippen LogP contribution in [0.15, 0.2) is 18.2 Å². The summed E-state index contributed by atoms with van der Waals surface area (Å²) in [4.78, 5) is 0.254. The smallest absolute Gasteiger partial charge is 0.461 e. The minimum absolute atomic E-state index is 0.0695. The van der Waals surface area contributed by atoms with Gasteiger partial charge in [0, 0.05) is 4.85 Å². The summed E-state index contributed by atoms with van der Waals surface area (Å²) in [5, 5.41) is 30.5. The molecule has 1 aromatic carbocycles. The number of halogens is 1. The summed E-state index contributed by atoms with van der Waals surface area (Å²) in [6.07, 6.45) is 0. The van der Waals surface area contributed by atoms with E-state index >= 15 is 0 Å². The molecule has 1 heterocycles. The predicted octanol–water partition coefficient (Wildman–Crippen LogP) is 1.49. The molecule has 0 aliphatic carbocycles. The number of hydrogen-bond acceptors (Lipinski definition) is 4. The van der Waals surface area contributed by atoms with Crippen LogP contribution in [0.3, 0.4) is 0 Å². The maximum absolute atomic E-state index is 13.1. The first-order chi connectivity index (χ1) is 9.20. The number of nitrogens with one attached hydrogen (secondary N) is 1. The highest BCUT2D eigenvalue weighted by atomic mass is 19.1. The van der Waals surface area contributed by atoms with Gasteiger partial charge in [-0.15, -0.1) is 0 Å². The maximum atomic E-state index is 13.1. The zero-order valence-electron chi connectivity index (χ0n) is 11.8. The molecule has 6 nitrogen and oxygen atoms in total. The number of hydrogen-bond donors (Lipinski definition) is 1. The van der Waals surface area contributed by atoms with Crippen LogP contribution in [-0.2, 0) is 0 Å². The Balaban J connectivity index is 2.51. The lowest BCUT2D eigenvalue weighted by Crippen LogP contribution is -2.46. The Bertz CT molecular complexity index is 655. The fourth-order valence-corrected chi connectivity index (χ4v) is 1.61. The highest BCUT2D eigenvalue weighted by molar-refractivity contribution is 5.67. The van der Waals surface area contributed by atoms with Crippen LogP contribution in [0.4, 0.5) is 10.3 Å². The van der Waals surface area contributed by atoms with Crippen molar-refractivity contribution in [3.8, 4) is 0 Å². The second kappa shape index (κ2) is 4.73. The molecule has 0 saturated heterocycles. The third-order valence-corrected chi connectivity index (χ3v) is 3.38. The first kappa shape index (κ1) is 14.2. The van der Waals surface area contributed by atoms with Crippen LogP contribution in [0.5, 0.6) is 0 Å². The van der Waals surface area contributed by atoms with Crippen molar-refractivity contribution in [1.82, 2.24) is 5.10 Å². The maximum Gasteiger partial charge on any atom is 0.461 e. The summed E-state index contributed by atoms with van der Waals surface area (Å²) < 4.78 is 13.6. The molecule has 7 heteroatoms. The summed E-state index contributed by atoms with van der Waals surface area (Å²) in [6.45, 7) is 7.90. The van der Waals surface area contributed by atoms with E-state index in [2.05, 4.69) is 10.4 Å².